The van der Waals surface area contributed by atoms with Gasteiger partial charge in [-0.3, -0.25) is 0 Å². The zero-order valence-electron chi connectivity index (χ0n) is 13.5. The van der Waals surface area contributed by atoms with Gasteiger partial charge in [0.05, 0.1) is 18.2 Å². The number of nitrogens with one attached hydrogen (secondary N) is 2. The predicted molar refractivity (Wildman–Crippen MR) is 99.1 cm³/mol. The Labute approximate surface area is 150 Å². The quantitative estimate of drug-likeness (QED) is 0.583. The van der Waals surface area contributed by atoms with Crippen molar-refractivity contribution in [2.45, 2.75) is 39.7 Å². The molecule has 124 valence electrons. The minimum Gasteiger partial charge on any atom is -0.463 e. The van der Waals surface area contributed by atoms with Crippen LogP contribution in [0.4, 0.5) is 0 Å². The van der Waals surface area contributed by atoms with Gasteiger partial charge in [0.1, 0.15) is 0 Å². The highest BCUT2D eigenvalue weighted by Crippen LogP contribution is 2.31. The van der Waals surface area contributed by atoms with Crippen LogP contribution in [0.25, 0.3) is 0 Å². The van der Waals surface area contributed by atoms with Crippen LogP contribution in [0.3, 0.4) is 0 Å². The van der Waals surface area contributed by atoms with E-state index in [0.717, 1.165) is 34.1 Å². The Morgan fingerprint density at radius 3 is 2.74 bits per heavy atom. The zero-order chi connectivity index (χ0) is 17.0. The molecule has 0 saturated carbocycles. The van der Waals surface area contributed by atoms with Gasteiger partial charge in [0, 0.05) is 10.2 Å². The Morgan fingerprint density at radius 1 is 1.39 bits per heavy atom. The van der Waals surface area contributed by atoms with E-state index in [1.807, 2.05) is 32.0 Å². The first-order valence-corrected chi connectivity index (χ1v) is 8.91. The molecule has 0 amide bonds. The van der Waals surface area contributed by atoms with Crippen molar-refractivity contribution < 1.29 is 9.53 Å². The maximum atomic E-state index is 12.5. The van der Waals surface area contributed by atoms with Gasteiger partial charge in [0.15, 0.2) is 5.11 Å². The van der Waals surface area contributed by atoms with Crippen LogP contribution in [-0.4, -0.2) is 17.7 Å². The SMILES string of the molecule is CCCC1=C(C(=O)OCC)[C@@H](c2ccc(C)c(Br)c2)NC(=S)N1. The number of esters is 1. The molecule has 0 radical (unpaired) electrons. The van der Waals surface area contributed by atoms with Crippen molar-refractivity contribution in [3.8, 4) is 0 Å². The van der Waals surface area contributed by atoms with Gasteiger partial charge in [0.25, 0.3) is 0 Å². The molecular formula is C17H21BrN2O2S. The highest BCUT2D eigenvalue weighted by Gasteiger charge is 2.32. The van der Waals surface area contributed by atoms with E-state index in [-0.39, 0.29) is 12.0 Å². The molecule has 6 heteroatoms. The molecule has 0 saturated heterocycles. The summed E-state index contributed by atoms with van der Waals surface area (Å²) in [6.45, 7) is 6.25. The molecule has 23 heavy (non-hydrogen) atoms. The summed E-state index contributed by atoms with van der Waals surface area (Å²) in [5.41, 5.74) is 3.57. The molecule has 1 heterocycles. The molecule has 1 aromatic carbocycles. The average Bonchev–Trinajstić information content (AvgIpc) is 2.50. The summed E-state index contributed by atoms with van der Waals surface area (Å²) in [6.07, 6.45) is 1.66. The number of halogens is 1. The average molecular weight is 397 g/mol. The number of aryl methyl sites for hydroxylation is 1. The fourth-order valence-electron chi connectivity index (χ4n) is 2.55. The van der Waals surface area contributed by atoms with Crippen LogP contribution in [0, 0.1) is 6.92 Å². The number of rotatable bonds is 5. The summed E-state index contributed by atoms with van der Waals surface area (Å²) in [6, 6.07) is 5.74. The van der Waals surface area contributed by atoms with Gasteiger partial charge in [-0.05, 0) is 49.7 Å². The normalized spacial score (nSPS) is 17.6. The third-order valence-corrected chi connectivity index (χ3v) is 4.75. The first-order chi connectivity index (χ1) is 11.0. The lowest BCUT2D eigenvalue weighted by Gasteiger charge is -2.31. The van der Waals surface area contributed by atoms with Gasteiger partial charge in [0.2, 0.25) is 0 Å². The van der Waals surface area contributed by atoms with Crippen molar-refractivity contribution in [2.24, 2.45) is 0 Å². The number of ether oxygens (including phenoxy) is 1. The number of carbonyl (C=O) groups is 1. The van der Waals surface area contributed by atoms with E-state index in [0.29, 0.717) is 17.3 Å². The smallest absolute Gasteiger partial charge is 0.338 e. The first-order valence-electron chi connectivity index (χ1n) is 7.71. The van der Waals surface area contributed by atoms with Gasteiger partial charge in [-0.2, -0.15) is 0 Å². The number of thiocarbonyl (C=S) groups is 1. The van der Waals surface area contributed by atoms with Crippen molar-refractivity contribution in [3.63, 3.8) is 0 Å². The highest BCUT2D eigenvalue weighted by molar-refractivity contribution is 9.10. The molecule has 1 atom stereocenters. The van der Waals surface area contributed by atoms with Crippen molar-refractivity contribution in [1.82, 2.24) is 10.6 Å². The predicted octanol–water partition coefficient (Wildman–Crippen LogP) is 3.89. The van der Waals surface area contributed by atoms with E-state index in [1.54, 1.807) is 0 Å². The van der Waals surface area contributed by atoms with Crippen LogP contribution in [0.1, 0.15) is 43.9 Å². The zero-order valence-corrected chi connectivity index (χ0v) is 15.9. The minimum absolute atomic E-state index is 0.304. The van der Waals surface area contributed by atoms with Crippen molar-refractivity contribution in [2.75, 3.05) is 6.61 Å². The van der Waals surface area contributed by atoms with Gasteiger partial charge in [-0.25, -0.2) is 4.79 Å². The van der Waals surface area contributed by atoms with E-state index in [1.165, 1.54) is 0 Å². The Hall–Kier alpha value is -1.40. The number of hydrogen-bond acceptors (Lipinski definition) is 3. The lowest BCUT2D eigenvalue weighted by molar-refractivity contribution is -0.139. The van der Waals surface area contributed by atoms with E-state index in [2.05, 4.69) is 33.5 Å². The molecule has 0 unspecified atom stereocenters. The number of allylic oxidation sites excluding steroid dienone is 1. The molecule has 2 N–H and O–H groups in total. The summed E-state index contributed by atoms with van der Waals surface area (Å²) >= 11 is 8.87. The second-order valence-electron chi connectivity index (χ2n) is 5.40. The second-order valence-corrected chi connectivity index (χ2v) is 6.67. The van der Waals surface area contributed by atoms with Gasteiger partial charge < -0.3 is 15.4 Å². The maximum Gasteiger partial charge on any atom is 0.338 e. The molecule has 2 rings (SSSR count). The Morgan fingerprint density at radius 2 is 2.13 bits per heavy atom. The molecular weight excluding hydrogens is 376 g/mol. The van der Waals surface area contributed by atoms with E-state index in [9.17, 15) is 4.79 Å². The highest BCUT2D eigenvalue weighted by atomic mass is 79.9. The van der Waals surface area contributed by atoms with Crippen LogP contribution in [0.15, 0.2) is 33.9 Å². The molecule has 1 aliphatic rings. The monoisotopic (exact) mass is 396 g/mol. The van der Waals surface area contributed by atoms with E-state index >= 15 is 0 Å². The van der Waals surface area contributed by atoms with Crippen molar-refractivity contribution >= 4 is 39.2 Å². The number of benzene rings is 1. The maximum absolute atomic E-state index is 12.5. The Balaban J connectivity index is 2.51. The molecule has 0 bridgehead atoms. The standard InChI is InChI=1S/C17H21BrN2O2S/c1-4-6-13-14(16(21)22-5-2)15(20-17(23)19-13)11-8-7-10(3)12(18)9-11/h7-9,15H,4-6H2,1-3H3,(H2,19,20,23)/t15-/m1/s1. The van der Waals surface area contributed by atoms with Gasteiger partial charge >= 0.3 is 5.97 Å². The van der Waals surface area contributed by atoms with Gasteiger partial charge in [-0.15, -0.1) is 0 Å². The van der Waals surface area contributed by atoms with Crippen LogP contribution in [-0.2, 0) is 9.53 Å². The Kier molecular flexibility index (Phi) is 6.18. The first kappa shape index (κ1) is 17.9. The lowest BCUT2D eigenvalue weighted by atomic mass is 9.93. The summed E-state index contributed by atoms with van der Waals surface area (Å²) in [4.78, 5) is 12.5. The largest absolute Gasteiger partial charge is 0.463 e. The fourth-order valence-corrected chi connectivity index (χ4v) is 3.19. The summed E-state index contributed by atoms with van der Waals surface area (Å²) < 4.78 is 6.27. The molecule has 0 aromatic heterocycles. The number of hydrogen-bond donors (Lipinski definition) is 2. The van der Waals surface area contributed by atoms with Crippen LogP contribution < -0.4 is 10.6 Å². The van der Waals surface area contributed by atoms with Crippen LogP contribution >= 0.6 is 28.1 Å². The number of carbonyl (C=O) groups excluding carboxylic acids is 1. The summed E-state index contributed by atoms with van der Waals surface area (Å²) in [5, 5.41) is 6.85. The van der Waals surface area contributed by atoms with E-state index < -0.39 is 0 Å². The third-order valence-electron chi connectivity index (χ3n) is 3.68. The van der Waals surface area contributed by atoms with E-state index in [4.69, 9.17) is 17.0 Å². The molecule has 0 fully saturated rings. The summed E-state index contributed by atoms with van der Waals surface area (Å²) in [5.74, 6) is -0.305. The van der Waals surface area contributed by atoms with Crippen molar-refractivity contribution in [1.29, 1.82) is 0 Å². The third kappa shape index (κ3) is 4.12. The Bertz CT molecular complexity index is 658. The lowest BCUT2D eigenvalue weighted by Crippen LogP contribution is -2.45. The fraction of sp³-hybridized carbons (Fsp3) is 0.412. The van der Waals surface area contributed by atoms with Crippen molar-refractivity contribution in [3.05, 3.63) is 45.1 Å². The topological polar surface area (TPSA) is 50.4 Å². The molecule has 1 aliphatic heterocycles. The summed E-state index contributed by atoms with van der Waals surface area (Å²) in [7, 11) is 0. The minimum atomic E-state index is -0.305. The molecule has 0 aliphatic carbocycles. The van der Waals surface area contributed by atoms with Gasteiger partial charge in [-0.1, -0.05) is 41.4 Å². The van der Waals surface area contributed by atoms with Crippen LogP contribution in [0.5, 0.6) is 0 Å². The molecule has 1 aromatic rings. The van der Waals surface area contributed by atoms with Crippen LogP contribution in [0.2, 0.25) is 0 Å². The molecule has 4 nitrogen and oxygen atoms in total. The molecule has 0 spiro atoms. The second kappa shape index (κ2) is 7.93.